The summed E-state index contributed by atoms with van der Waals surface area (Å²) in [5, 5.41) is 9.86. The molecule has 0 fully saturated rings. The second-order valence-electron chi connectivity index (χ2n) is 12.4. The largest absolute Gasteiger partial charge is 0.456 e. The summed E-state index contributed by atoms with van der Waals surface area (Å²) >= 11 is 0. The van der Waals surface area contributed by atoms with Crippen LogP contribution in [0.2, 0.25) is 0 Å². The highest BCUT2D eigenvalue weighted by Crippen LogP contribution is 2.48. The van der Waals surface area contributed by atoms with E-state index in [4.69, 9.17) is 4.42 Å². The molecule has 0 bridgehead atoms. The molecule has 1 heterocycles. The van der Waals surface area contributed by atoms with Gasteiger partial charge in [-0.25, -0.2) is 0 Å². The Morgan fingerprint density at radius 3 is 1.45 bits per heavy atom. The summed E-state index contributed by atoms with van der Waals surface area (Å²) in [6.07, 6.45) is 0. The number of furan rings is 1. The van der Waals surface area contributed by atoms with Crippen LogP contribution in [0.4, 0.5) is 0 Å². The van der Waals surface area contributed by atoms with Gasteiger partial charge in [-0.1, -0.05) is 152 Å². The zero-order chi connectivity index (χ0) is 30.9. The molecule has 0 saturated heterocycles. The molecule has 0 spiro atoms. The first kappa shape index (κ1) is 26.1. The predicted molar refractivity (Wildman–Crippen MR) is 199 cm³/mol. The van der Waals surface area contributed by atoms with Crippen LogP contribution in [0.25, 0.3) is 98.8 Å². The lowest BCUT2D eigenvalue weighted by molar-refractivity contribution is 0.669. The minimum Gasteiger partial charge on any atom is -0.456 e. The van der Waals surface area contributed by atoms with E-state index in [0.29, 0.717) is 0 Å². The first-order valence-electron chi connectivity index (χ1n) is 16.2. The van der Waals surface area contributed by atoms with E-state index in [0.717, 1.165) is 11.2 Å². The molecule has 0 amide bonds. The van der Waals surface area contributed by atoms with Crippen molar-refractivity contribution in [3.05, 3.63) is 170 Å². The Labute approximate surface area is 272 Å². The third-order valence-corrected chi connectivity index (χ3v) is 9.84. The van der Waals surface area contributed by atoms with Crippen LogP contribution in [0, 0.1) is 0 Å². The van der Waals surface area contributed by atoms with Gasteiger partial charge in [0, 0.05) is 10.8 Å². The summed E-state index contributed by atoms with van der Waals surface area (Å²) in [6.45, 7) is 0. The molecule has 1 nitrogen and oxygen atoms in total. The van der Waals surface area contributed by atoms with Crippen LogP contribution < -0.4 is 0 Å². The number of rotatable bonds is 4. The van der Waals surface area contributed by atoms with Crippen molar-refractivity contribution in [1.29, 1.82) is 0 Å². The van der Waals surface area contributed by atoms with Gasteiger partial charge in [-0.15, -0.1) is 0 Å². The van der Waals surface area contributed by atoms with E-state index in [1.165, 1.54) is 87.6 Å². The topological polar surface area (TPSA) is 13.1 Å². The van der Waals surface area contributed by atoms with Crippen LogP contribution in [0.5, 0.6) is 0 Å². The van der Waals surface area contributed by atoms with E-state index < -0.39 is 0 Å². The lowest BCUT2D eigenvalue weighted by atomic mass is 9.83. The Morgan fingerprint density at radius 1 is 0.298 bits per heavy atom. The second kappa shape index (κ2) is 10.2. The number of hydrogen-bond acceptors (Lipinski definition) is 1. The molecule has 0 aliphatic heterocycles. The molecule has 0 radical (unpaired) electrons. The minimum absolute atomic E-state index is 0.940. The molecule has 1 heteroatoms. The van der Waals surface area contributed by atoms with Gasteiger partial charge in [-0.2, -0.15) is 0 Å². The summed E-state index contributed by atoms with van der Waals surface area (Å²) in [5.41, 5.74) is 11.8. The highest BCUT2D eigenvalue weighted by atomic mass is 16.3. The molecule has 0 saturated carbocycles. The van der Waals surface area contributed by atoms with Crippen molar-refractivity contribution in [2.24, 2.45) is 0 Å². The number of benzene rings is 9. The van der Waals surface area contributed by atoms with Crippen LogP contribution in [0.1, 0.15) is 0 Å². The summed E-state index contributed by atoms with van der Waals surface area (Å²) in [6, 6.07) is 61.5. The van der Waals surface area contributed by atoms with Crippen molar-refractivity contribution in [3.63, 3.8) is 0 Å². The molecule has 1 aromatic heterocycles. The van der Waals surface area contributed by atoms with Crippen LogP contribution in [0.15, 0.2) is 174 Å². The zero-order valence-corrected chi connectivity index (χ0v) is 25.6. The Bertz CT molecular complexity index is 2710. The molecule has 0 aliphatic carbocycles. The molecule has 10 rings (SSSR count). The summed E-state index contributed by atoms with van der Waals surface area (Å²) < 4.78 is 6.33. The molecule has 9 aromatic carbocycles. The lowest BCUT2D eigenvalue weighted by Gasteiger charge is -2.19. The van der Waals surface area contributed by atoms with Crippen molar-refractivity contribution in [2.45, 2.75) is 0 Å². The van der Waals surface area contributed by atoms with Gasteiger partial charge in [0.1, 0.15) is 11.2 Å². The maximum atomic E-state index is 6.33. The highest BCUT2D eigenvalue weighted by molar-refractivity contribution is 6.29. The third-order valence-electron chi connectivity index (χ3n) is 9.84. The van der Waals surface area contributed by atoms with Gasteiger partial charge in [0.2, 0.25) is 0 Å². The molecule has 10 aromatic rings. The quantitative estimate of drug-likeness (QED) is 0.145. The fourth-order valence-corrected chi connectivity index (χ4v) is 7.83. The second-order valence-corrected chi connectivity index (χ2v) is 12.4. The monoisotopic (exact) mass is 596 g/mol. The molecule has 218 valence electrons. The smallest absolute Gasteiger partial charge is 0.136 e. The van der Waals surface area contributed by atoms with Gasteiger partial charge in [0.25, 0.3) is 0 Å². The van der Waals surface area contributed by atoms with E-state index in [9.17, 15) is 0 Å². The third kappa shape index (κ3) is 3.90. The first-order valence-corrected chi connectivity index (χ1v) is 16.2. The van der Waals surface area contributed by atoms with Gasteiger partial charge >= 0.3 is 0 Å². The van der Waals surface area contributed by atoms with Gasteiger partial charge < -0.3 is 4.42 Å². The molecule has 0 aliphatic rings. The van der Waals surface area contributed by atoms with Crippen LogP contribution in [-0.2, 0) is 0 Å². The fourth-order valence-electron chi connectivity index (χ4n) is 7.83. The zero-order valence-electron chi connectivity index (χ0n) is 25.6. The molecular formula is C46H28O. The number of hydrogen-bond donors (Lipinski definition) is 0. The van der Waals surface area contributed by atoms with Crippen molar-refractivity contribution in [1.82, 2.24) is 0 Å². The number of fused-ring (bicyclic) bond motifs is 2. The van der Waals surface area contributed by atoms with E-state index in [1.807, 2.05) is 0 Å². The normalized spacial score (nSPS) is 11.8. The molecule has 0 unspecified atom stereocenters. The fraction of sp³-hybridized carbons (Fsp3) is 0. The van der Waals surface area contributed by atoms with Crippen molar-refractivity contribution in [3.8, 4) is 44.5 Å². The summed E-state index contributed by atoms with van der Waals surface area (Å²) in [7, 11) is 0. The maximum absolute atomic E-state index is 6.33. The van der Waals surface area contributed by atoms with E-state index in [2.05, 4.69) is 170 Å². The van der Waals surface area contributed by atoms with Crippen LogP contribution >= 0.6 is 0 Å². The average Bonchev–Trinajstić information content (AvgIpc) is 3.53. The SMILES string of the molecule is c1ccc(-c2ccccc2-c2ccc(-c3c4ccccc4c(-c4cc5cccc6oc7cccc4c7c56)c4ccccc34)cc2)cc1. The molecule has 47 heavy (non-hydrogen) atoms. The standard InChI is InChI=1S/C46H28O/c1-2-12-29(13-3-1)33-15-4-5-16-34(33)30-24-26-31(27-25-30)43-35-17-6-8-19-37(35)45(38-20-9-7-18-36(38)43)40-28-32-14-10-22-41-44(32)46-39(40)21-11-23-42(46)47-41/h1-28H. The Hall–Kier alpha value is -6.18. The summed E-state index contributed by atoms with van der Waals surface area (Å²) in [5.74, 6) is 0. The Balaban J connectivity index is 1.22. The van der Waals surface area contributed by atoms with Crippen LogP contribution in [0.3, 0.4) is 0 Å². The highest BCUT2D eigenvalue weighted by Gasteiger charge is 2.21. The van der Waals surface area contributed by atoms with Crippen molar-refractivity contribution < 1.29 is 4.42 Å². The van der Waals surface area contributed by atoms with Gasteiger partial charge in [0.05, 0.1) is 0 Å². The summed E-state index contributed by atoms with van der Waals surface area (Å²) in [4.78, 5) is 0. The van der Waals surface area contributed by atoms with Crippen molar-refractivity contribution in [2.75, 3.05) is 0 Å². The van der Waals surface area contributed by atoms with E-state index in [-0.39, 0.29) is 0 Å². The maximum Gasteiger partial charge on any atom is 0.136 e. The van der Waals surface area contributed by atoms with E-state index in [1.54, 1.807) is 0 Å². The van der Waals surface area contributed by atoms with Crippen molar-refractivity contribution >= 4 is 54.3 Å². The van der Waals surface area contributed by atoms with E-state index >= 15 is 0 Å². The minimum atomic E-state index is 0.940. The van der Waals surface area contributed by atoms with Gasteiger partial charge in [0.15, 0.2) is 0 Å². The molecule has 0 atom stereocenters. The van der Waals surface area contributed by atoms with Gasteiger partial charge in [-0.3, -0.25) is 0 Å². The predicted octanol–water partition coefficient (Wildman–Crippen LogP) is 13.2. The van der Waals surface area contributed by atoms with Gasteiger partial charge in [-0.05, 0) is 95.0 Å². The molecule has 0 N–H and O–H groups in total. The lowest BCUT2D eigenvalue weighted by Crippen LogP contribution is -1.92. The molecular weight excluding hydrogens is 569 g/mol. The first-order chi connectivity index (χ1) is 23.3. The Morgan fingerprint density at radius 2 is 0.787 bits per heavy atom. The average molecular weight is 597 g/mol. The Kier molecular flexibility index (Phi) is 5.64. The van der Waals surface area contributed by atoms with Crippen LogP contribution in [-0.4, -0.2) is 0 Å².